The van der Waals surface area contributed by atoms with Crippen LogP contribution in [0.25, 0.3) is 0 Å². The van der Waals surface area contributed by atoms with E-state index in [0.717, 1.165) is 35.5 Å². The van der Waals surface area contributed by atoms with Gasteiger partial charge in [-0.15, -0.1) is 10.2 Å². The molecule has 4 rings (SSSR count). The lowest BCUT2D eigenvalue weighted by molar-refractivity contribution is -0.128. The van der Waals surface area contributed by atoms with E-state index in [1.165, 1.54) is 0 Å². The molecule has 0 aromatic carbocycles. The summed E-state index contributed by atoms with van der Waals surface area (Å²) in [6.07, 6.45) is 2.64. The Kier molecular flexibility index (Phi) is 4.24. The van der Waals surface area contributed by atoms with E-state index in [9.17, 15) is 4.79 Å². The van der Waals surface area contributed by atoms with E-state index in [2.05, 4.69) is 20.4 Å². The predicted octanol–water partition coefficient (Wildman–Crippen LogP) is 1.60. The summed E-state index contributed by atoms with van der Waals surface area (Å²) >= 11 is 1.55. The molecule has 24 heavy (non-hydrogen) atoms. The van der Waals surface area contributed by atoms with Crippen molar-refractivity contribution in [2.24, 2.45) is 11.8 Å². The quantitative estimate of drug-likeness (QED) is 0.904. The van der Waals surface area contributed by atoms with E-state index < -0.39 is 0 Å². The van der Waals surface area contributed by atoms with Gasteiger partial charge in [0.15, 0.2) is 0 Å². The number of aryl methyl sites for hydroxylation is 1. The normalized spacial score (nSPS) is 26.4. The van der Waals surface area contributed by atoms with Gasteiger partial charge in [0.1, 0.15) is 10.8 Å². The highest BCUT2D eigenvalue weighted by molar-refractivity contribution is 7.15. The number of ether oxygens (including phenoxy) is 1. The minimum atomic E-state index is -0.106. The van der Waals surface area contributed by atoms with Gasteiger partial charge in [-0.25, -0.2) is 0 Å². The van der Waals surface area contributed by atoms with Crippen LogP contribution < -0.4 is 10.2 Å². The fraction of sp³-hybridized carbons (Fsp3) is 0.562. The minimum Gasteiger partial charge on any atom is -0.467 e. The maximum Gasteiger partial charge on any atom is 0.225 e. The molecule has 8 heteroatoms. The molecule has 0 spiro atoms. The average Bonchev–Trinajstić information content (AvgIpc) is 3.32. The van der Waals surface area contributed by atoms with Crippen LogP contribution in [0.1, 0.15) is 17.2 Å². The van der Waals surface area contributed by atoms with Gasteiger partial charge in [-0.1, -0.05) is 11.3 Å². The van der Waals surface area contributed by atoms with Crippen LogP contribution in [-0.2, 0) is 16.1 Å². The van der Waals surface area contributed by atoms with E-state index in [1.807, 2.05) is 19.1 Å². The Hall–Kier alpha value is -1.93. The molecule has 0 unspecified atom stereocenters. The Morgan fingerprint density at radius 2 is 2.38 bits per heavy atom. The van der Waals surface area contributed by atoms with Gasteiger partial charge in [0.25, 0.3) is 0 Å². The summed E-state index contributed by atoms with van der Waals surface area (Å²) < 4.78 is 11.1. The molecule has 2 fully saturated rings. The Bertz CT molecular complexity index is 702. The molecule has 2 aromatic rings. The SMILES string of the molecule is Cc1nnc(N2C[C@H](C(=O)NCc3ccco3)[C@@H]3CCO[C@@H]3C2)s1. The molecule has 2 saturated heterocycles. The zero-order valence-corrected chi connectivity index (χ0v) is 14.3. The van der Waals surface area contributed by atoms with Crippen LogP contribution in [0.15, 0.2) is 22.8 Å². The molecule has 4 heterocycles. The zero-order chi connectivity index (χ0) is 16.5. The highest BCUT2D eigenvalue weighted by atomic mass is 32.1. The lowest BCUT2D eigenvalue weighted by Crippen LogP contribution is -2.52. The molecular formula is C16H20N4O3S. The number of carbonyl (C=O) groups is 1. The maximum atomic E-state index is 12.8. The number of hydrogen-bond donors (Lipinski definition) is 1. The van der Waals surface area contributed by atoms with Gasteiger partial charge in [-0.05, 0) is 25.5 Å². The summed E-state index contributed by atoms with van der Waals surface area (Å²) in [6, 6.07) is 3.68. The number of amides is 1. The van der Waals surface area contributed by atoms with E-state index >= 15 is 0 Å². The first-order valence-corrected chi connectivity index (χ1v) is 8.99. The lowest BCUT2D eigenvalue weighted by Gasteiger charge is -2.38. The number of anilines is 1. The number of furan rings is 1. The molecule has 1 N–H and O–H groups in total. The molecule has 7 nitrogen and oxygen atoms in total. The third kappa shape index (κ3) is 3.03. The van der Waals surface area contributed by atoms with Crippen LogP contribution in [-0.4, -0.2) is 41.9 Å². The van der Waals surface area contributed by atoms with Gasteiger partial charge in [0.2, 0.25) is 11.0 Å². The van der Waals surface area contributed by atoms with Gasteiger partial charge >= 0.3 is 0 Å². The second kappa shape index (κ2) is 6.52. The van der Waals surface area contributed by atoms with Crippen molar-refractivity contribution < 1.29 is 13.9 Å². The van der Waals surface area contributed by atoms with Crippen LogP contribution in [0.2, 0.25) is 0 Å². The third-order valence-corrected chi connectivity index (χ3v) is 5.63. The first kappa shape index (κ1) is 15.6. The number of nitrogens with zero attached hydrogens (tertiary/aromatic N) is 3. The second-order valence-electron chi connectivity index (χ2n) is 6.27. The van der Waals surface area contributed by atoms with Crippen molar-refractivity contribution in [3.63, 3.8) is 0 Å². The van der Waals surface area contributed by atoms with Crippen molar-refractivity contribution in [3.05, 3.63) is 29.2 Å². The first-order valence-electron chi connectivity index (χ1n) is 8.17. The molecular weight excluding hydrogens is 328 g/mol. The molecule has 2 aliphatic rings. The van der Waals surface area contributed by atoms with Gasteiger partial charge in [0, 0.05) is 25.6 Å². The summed E-state index contributed by atoms with van der Waals surface area (Å²) in [5.74, 6) is 0.977. The van der Waals surface area contributed by atoms with E-state index in [1.54, 1.807) is 17.6 Å². The number of piperidine rings is 1. The molecule has 128 valence electrons. The minimum absolute atomic E-state index is 0.0536. The highest BCUT2D eigenvalue weighted by Gasteiger charge is 2.44. The largest absolute Gasteiger partial charge is 0.467 e. The highest BCUT2D eigenvalue weighted by Crippen LogP contribution is 2.36. The van der Waals surface area contributed by atoms with Crippen LogP contribution >= 0.6 is 11.3 Å². The number of carbonyl (C=O) groups excluding carboxylic acids is 1. The monoisotopic (exact) mass is 348 g/mol. The predicted molar refractivity (Wildman–Crippen MR) is 88.8 cm³/mol. The molecule has 2 aliphatic heterocycles. The second-order valence-corrected chi connectivity index (χ2v) is 7.43. The van der Waals surface area contributed by atoms with E-state index in [0.29, 0.717) is 13.1 Å². The fourth-order valence-corrected chi connectivity index (χ4v) is 4.25. The van der Waals surface area contributed by atoms with Crippen molar-refractivity contribution >= 4 is 22.4 Å². The number of nitrogens with one attached hydrogen (secondary N) is 1. The summed E-state index contributed by atoms with van der Waals surface area (Å²) in [7, 11) is 0. The average molecular weight is 348 g/mol. The van der Waals surface area contributed by atoms with Crippen molar-refractivity contribution in [2.45, 2.75) is 26.0 Å². The van der Waals surface area contributed by atoms with Crippen molar-refractivity contribution in [2.75, 3.05) is 24.6 Å². The summed E-state index contributed by atoms with van der Waals surface area (Å²) in [4.78, 5) is 14.9. The van der Waals surface area contributed by atoms with Gasteiger partial charge < -0.3 is 19.4 Å². The number of rotatable bonds is 4. The Morgan fingerprint density at radius 3 is 3.12 bits per heavy atom. The Balaban J connectivity index is 1.47. The fourth-order valence-electron chi connectivity index (χ4n) is 3.54. The molecule has 1 amide bonds. The van der Waals surface area contributed by atoms with Crippen LogP contribution in [0.3, 0.4) is 0 Å². The van der Waals surface area contributed by atoms with Crippen LogP contribution in [0.4, 0.5) is 5.13 Å². The molecule has 0 bridgehead atoms. The van der Waals surface area contributed by atoms with Crippen molar-refractivity contribution in [1.29, 1.82) is 0 Å². The van der Waals surface area contributed by atoms with Gasteiger partial charge in [-0.3, -0.25) is 4.79 Å². The molecule has 0 radical (unpaired) electrons. The zero-order valence-electron chi connectivity index (χ0n) is 13.5. The van der Waals surface area contributed by atoms with Crippen molar-refractivity contribution in [1.82, 2.24) is 15.5 Å². The van der Waals surface area contributed by atoms with Gasteiger partial charge in [-0.2, -0.15) is 0 Å². The lowest BCUT2D eigenvalue weighted by atomic mass is 9.82. The summed E-state index contributed by atoms with van der Waals surface area (Å²) in [6.45, 7) is 4.51. The standard InChI is InChI=1S/C16H20N4O3S/c1-10-18-19-16(24-10)20-8-13(12-4-6-23-14(12)9-20)15(21)17-7-11-3-2-5-22-11/h2-3,5,12-14H,4,6-9H2,1H3,(H,17,21)/t12-,13-,14+/m0/s1. The molecule has 2 aromatic heterocycles. The van der Waals surface area contributed by atoms with E-state index in [4.69, 9.17) is 9.15 Å². The van der Waals surface area contributed by atoms with E-state index in [-0.39, 0.29) is 23.8 Å². The topological polar surface area (TPSA) is 80.5 Å². The summed E-state index contributed by atoms with van der Waals surface area (Å²) in [5, 5.41) is 13.1. The van der Waals surface area contributed by atoms with Gasteiger partial charge in [0.05, 0.1) is 24.8 Å². The molecule has 3 atom stereocenters. The summed E-state index contributed by atoms with van der Waals surface area (Å²) in [5.41, 5.74) is 0. The Morgan fingerprint density at radius 1 is 1.46 bits per heavy atom. The Labute approximate surface area is 144 Å². The third-order valence-electron chi connectivity index (χ3n) is 4.73. The number of aromatic nitrogens is 2. The molecule has 0 aliphatic carbocycles. The maximum absolute atomic E-state index is 12.8. The molecule has 0 saturated carbocycles. The van der Waals surface area contributed by atoms with Crippen molar-refractivity contribution in [3.8, 4) is 0 Å². The van der Waals surface area contributed by atoms with Crippen LogP contribution in [0, 0.1) is 18.8 Å². The number of fused-ring (bicyclic) bond motifs is 1. The smallest absolute Gasteiger partial charge is 0.225 e. The number of hydrogen-bond acceptors (Lipinski definition) is 7. The van der Waals surface area contributed by atoms with Crippen LogP contribution in [0.5, 0.6) is 0 Å². The first-order chi connectivity index (χ1) is 11.7.